The van der Waals surface area contributed by atoms with Crippen molar-refractivity contribution >= 4 is 83.5 Å². The van der Waals surface area contributed by atoms with Crippen LogP contribution in [0.25, 0.3) is 43.6 Å². The van der Waals surface area contributed by atoms with Crippen molar-refractivity contribution in [2.45, 2.75) is 108 Å². The number of fused-ring (bicyclic) bond motifs is 9. The van der Waals surface area contributed by atoms with Crippen LogP contribution in [0.1, 0.15) is 95.6 Å². The lowest BCUT2D eigenvalue weighted by molar-refractivity contribution is 0.522. The molecule has 4 aliphatic heterocycles. The van der Waals surface area contributed by atoms with Gasteiger partial charge in [0.1, 0.15) is 22.8 Å². The summed E-state index contributed by atoms with van der Waals surface area (Å²) in [4.78, 5) is 49.6. The van der Waals surface area contributed by atoms with Crippen molar-refractivity contribution in [1.29, 1.82) is 0 Å². The number of hydrogen-bond donors (Lipinski definition) is 1. The molecule has 90 heavy (non-hydrogen) atoms. The molecule has 14 aromatic rings. The zero-order valence-corrected chi connectivity index (χ0v) is 53.3. The molecular formula is C72H74N16OS. The van der Waals surface area contributed by atoms with Crippen molar-refractivity contribution in [1.82, 2.24) is 63.4 Å². The zero-order valence-electron chi connectivity index (χ0n) is 52.4. The molecule has 15 heterocycles. The van der Waals surface area contributed by atoms with Crippen LogP contribution < -0.4 is 0 Å². The van der Waals surface area contributed by atoms with Crippen LogP contribution in [0.2, 0.25) is 0 Å². The van der Waals surface area contributed by atoms with Crippen molar-refractivity contribution < 1.29 is 4.42 Å². The maximum atomic E-state index is 5.26. The lowest BCUT2D eigenvalue weighted by Crippen LogP contribution is -2.08. The number of aromatic amines is 1. The molecule has 454 valence electrons. The Morgan fingerprint density at radius 3 is 2.04 bits per heavy atom. The van der Waals surface area contributed by atoms with E-state index in [0.717, 1.165) is 115 Å². The van der Waals surface area contributed by atoms with E-state index in [-0.39, 0.29) is 0 Å². The topological polar surface area (TPSA) is 196 Å². The van der Waals surface area contributed by atoms with Gasteiger partial charge in [-0.25, -0.2) is 34.4 Å². The number of benzene rings is 3. The van der Waals surface area contributed by atoms with Gasteiger partial charge >= 0.3 is 0 Å². The summed E-state index contributed by atoms with van der Waals surface area (Å²) in [7, 11) is 0. The van der Waals surface area contributed by atoms with Gasteiger partial charge in [0.15, 0.2) is 17.1 Å². The molecule has 0 saturated heterocycles. The Morgan fingerprint density at radius 1 is 0.567 bits per heavy atom. The second kappa shape index (κ2) is 30.4. The largest absolute Gasteiger partial charge is 0.441 e. The Hall–Kier alpha value is -10.5. The van der Waals surface area contributed by atoms with Crippen LogP contribution in [0, 0.1) is 41.5 Å². The fraction of sp³-hybridized carbons (Fsp3) is 0.222. The van der Waals surface area contributed by atoms with Gasteiger partial charge in [0, 0.05) is 93.1 Å². The lowest BCUT2D eigenvalue weighted by atomic mass is 10.1. The second-order valence-electron chi connectivity index (χ2n) is 21.8. The van der Waals surface area contributed by atoms with Crippen molar-refractivity contribution in [3.05, 3.63) is 257 Å². The first-order valence-electron chi connectivity index (χ1n) is 30.1. The summed E-state index contributed by atoms with van der Waals surface area (Å²) in [5, 5.41) is 5.37. The van der Waals surface area contributed by atoms with Gasteiger partial charge in [0.2, 0.25) is 0 Å². The first-order chi connectivity index (χ1) is 43.8. The number of H-pyrrole nitrogens is 1. The highest BCUT2D eigenvalue weighted by Gasteiger charge is 2.13. The van der Waals surface area contributed by atoms with E-state index in [1.807, 2.05) is 204 Å². The van der Waals surface area contributed by atoms with Gasteiger partial charge in [-0.2, -0.15) is 5.10 Å². The van der Waals surface area contributed by atoms with E-state index in [2.05, 4.69) is 126 Å². The predicted molar refractivity (Wildman–Crippen MR) is 365 cm³/mol. The summed E-state index contributed by atoms with van der Waals surface area (Å²) in [6.07, 6.45) is 21.1. The fourth-order valence-electron chi connectivity index (χ4n) is 10.3. The molecule has 18 rings (SSSR count). The number of para-hydroxylation sites is 4. The molecule has 1 N–H and O–H groups in total. The van der Waals surface area contributed by atoms with E-state index in [1.54, 1.807) is 17.5 Å². The molecule has 0 radical (unpaired) electrons. The third-order valence-corrected chi connectivity index (χ3v) is 15.2. The van der Waals surface area contributed by atoms with Crippen LogP contribution in [0.4, 0.5) is 11.4 Å². The fourth-order valence-corrected chi connectivity index (χ4v) is 11.1. The molecule has 3 aromatic carbocycles. The molecule has 0 aliphatic carbocycles. The van der Waals surface area contributed by atoms with Gasteiger partial charge in [0.25, 0.3) is 0 Å². The number of nitrogens with zero attached hydrogens (tertiary/aromatic N) is 15. The third kappa shape index (κ3) is 17.4. The van der Waals surface area contributed by atoms with Crippen molar-refractivity contribution in [2.24, 2.45) is 15.0 Å². The minimum absolute atomic E-state index is 0.723. The van der Waals surface area contributed by atoms with Gasteiger partial charge < -0.3 is 18.4 Å². The number of pyridine rings is 5. The first kappa shape index (κ1) is 62.6. The van der Waals surface area contributed by atoms with Gasteiger partial charge in [-0.1, -0.05) is 60.7 Å². The number of nitrogens with one attached hydrogen (secondary N) is 1. The SMILES string of the molecule is CC1=NCc2cccnc21.CC1=Nc2ccccc2C1.CC1=Nc2cnccc2C1.Cc1cc2ccccn2n1.Cc1cn2c(n1)CCCC2.Cc1cn2ccccc2n1.Cc1nc2ccccc2o1.Cc1nc2ccccc2s1.Cc1nc2ncccc2[nH]1. The molecule has 0 unspecified atom stereocenters. The predicted octanol–water partition coefficient (Wildman–Crippen LogP) is 16.3. The van der Waals surface area contributed by atoms with Crippen molar-refractivity contribution in [3.63, 3.8) is 0 Å². The summed E-state index contributed by atoms with van der Waals surface area (Å²) in [6, 6.07) is 48.2. The van der Waals surface area contributed by atoms with Crippen LogP contribution in [-0.4, -0.2) is 80.6 Å². The average Bonchev–Trinajstić information content (AvgIpc) is 4.50. The molecule has 0 fully saturated rings. The summed E-state index contributed by atoms with van der Waals surface area (Å²) >= 11 is 1.74. The molecule has 17 nitrogen and oxygen atoms in total. The van der Waals surface area contributed by atoms with Crippen LogP contribution in [0.15, 0.2) is 215 Å². The summed E-state index contributed by atoms with van der Waals surface area (Å²) in [5.74, 6) is 2.92. The van der Waals surface area contributed by atoms with Crippen molar-refractivity contribution in [2.75, 3.05) is 0 Å². The molecule has 0 saturated carbocycles. The highest BCUT2D eigenvalue weighted by molar-refractivity contribution is 7.18. The molecule has 11 aromatic heterocycles. The lowest BCUT2D eigenvalue weighted by Gasteiger charge is -2.11. The quantitative estimate of drug-likeness (QED) is 0.153. The van der Waals surface area contributed by atoms with E-state index in [9.17, 15) is 0 Å². The maximum Gasteiger partial charge on any atom is 0.192 e. The second-order valence-corrected chi connectivity index (χ2v) is 23.1. The highest BCUT2D eigenvalue weighted by atomic mass is 32.1. The van der Waals surface area contributed by atoms with E-state index in [4.69, 9.17) is 4.42 Å². The van der Waals surface area contributed by atoms with E-state index in [0.29, 0.717) is 0 Å². The zero-order chi connectivity index (χ0) is 62.8. The maximum absolute atomic E-state index is 5.26. The molecule has 18 heteroatoms. The average molecular weight is 1210 g/mol. The molecule has 4 aliphatic rings. The third-order valence-electron chi connectivity index (χ3n) is 14.3. The Labute approximate surface area is 528 Å². The van der Waals surface area contributed by atoms with E-state index < -0.39 is 0 Å². The van der Waals surface area contributed by atoms with Gasteiger partial charge in [-0.05, 0) is 164 Å². The first-order valence-corrected chi connectivity index (χ1v) is 30.9. The Morgan fingerprint density at radius 2 is 1.28 bits per heavy atom. The smallest absolute Gasteiger partial charge is 0.192 e. The summed E-state index contributed by atoms with van der Waals surface area (Å²) in [5.41, 5.74) is 20.8. The number of rotatable bonds is 0. The Kier molecular flexibility index (Phi) is 21.2. The Balaban J connectivity index is 0.000000111. The van der Waals surface area contributed by atoms with E-state index in [1.165, 1.54) is 64.4 Å². The molecule has 0 bridgehead atoms. The van der Waals surface area contributed by atoms with E-state index >= 15 is 0 Å². The standard InChI is InChI=1S/C9H9N.2C8H8N2.C8H12N2.2C8H8N2.C8H7NO.C8H7NS.C7H7N3/c1-7-6-8-4-2-3-5-9(8)10-7;1-6-4-7-2-3-9-5-8(7)10-6;1-6-8-7(5-10-6)3-2-4-9-8;2*1-7-6-10-5-3-2-4-8(10)9-7;1-7-6-8-4-2-3-5-10(8)9-7;2*1-6-9-7-4-2-3-5-8(7)10-6;1-5-9-6-3-2-4-8-7(6)10-5/h2-5H,6H2,1H3;2-3,5H,4H2,1H3;2-4H,5H2,1H3;6H,2-5H2,1H3;2*2-6H,1H3;2*2-5H,1H3;2-4H,1H3,(H,8,9,10). The van der Waals surface area contributed by atoms with Crippen LogP contribution in [0.5, 0.6) is 0 Å². The van der Waals surface area contributed by atoms with Gasteiger partial charge in [0.05, 0.1) is 78.9 Å². The van der Waals surface area contributed by atoms with Gasteiger partial charge in [-0.15, -0.1) is 11.3 Å². The summed E-state index contributed by atoms with van der Waals surface area (Å²) < 4.78 is 12.7. The molecule has 0 amide bonds. The minimum Gasteiger partial charge on any atom is -0.441 e. The number of thiazole rings is 1. The number of hydrogen-bond acceptors (Lipinski definition) is 14. The number of oxazole rings is 1. The number of aromatic nitrogens is 13. The monoisotopic (exact) mass is 1210 g/mol. The number of imidazole rings is 3. The van der Waals surface area contributed by atoms with Gasteiger partial charge in [-0.3, -0.25) is 24.9 Å². The van der Waals surface area contributed by atoms with Crippen LogP contribution in [-0.2, 0) is 32.4 Å². The Bertz CT molecular complexity index is 4080. The normalized spacial score (nSPS) is 12.6. The highest BCUT2D eigenvalue weighted by Crippen LogP contribution is 2.26. The molecular weight excluding hydrogens is 1140 g/mol. The summed E-state index contributed by atoms with van der Waals surface area (Å²) in [6.45, 7) is 19.9. The number of aliphatic imine (C=N–C) groups is 3. The molecule has 0 atom stereocenters. The molecule has 0 spiro atoms. The van der Waals surface area contributed by atoms with Crippen LogP contribution in [0.3, 0.4) is 0 Å². The van der Waals surface area contributed by atoms with Crippen LogP contribution >= 0.6 is 11.3 Å². The minimum atomic E-state index is 0.723. The number of aryl methyl sites for hydroxylation is 8. The van der Waals surface area contributed by atoms with Crippen molar-refractivity contribution in [3.8, 4) is 0 Å².